The van der Waals surface area contributed by atoms with Crippen LogP contribution in [0.15, 0.2) is 102 Å². The highest BCUT2D eigenvalue weighted by Gasteiger charge is 2.27. The summed E-state index contributed by atoms with van der Waals surface area (Å²) in [6, 6.07) is 31.9. The lowest BCUT2D eigenvalue weighted by Crippen LogP contribution is -2.32. The Labute approximate surface area is 206 Å². The minimum atomic E-state index is -0.0460. The largest absolute Gasteiger partial charge is 0.508 e. The van der Waals surface area contributed by atoms with Gasteiger partial charge in [0.25, 0.3) is 5.56 Å². The van der Waals surface area contributed by atoms with Gasteiger partial charge in [-0.3, -0.25) is 4.79 Å². The van der Waals surface area contributed by atoms with E-state index in [-0.39, 0.29) is 11.5 Å². The number of hydrogen-bond acceptors (Lipinski definition) is 3. The fourth-order valence-electron chi connectivity index (χ4n) is 5.58. The van der Waals surface area contributed by atoms with E-state index in [0.29, 0.717) is 24.1 Å². The van der Waals surface area contributed by atoms with Gasteiger partial charge >= 0.3 is 0 Å². The Bertz CT molecular complexity index is 1260. The Morgan fingerprint density at radius 2 is 1.46 bits per heavy atom. The number of benzene rings is 3. The summed E-state index contributed by atoms with van der Waals surface area (Å²) in [5.41, 5.74) is 4.33. The van der Waals surface area contributed by atoms with Crippen LogP contribution in [0.4, 0.5) is 0 Å². The van der Waals surface area contributed by atoms with E-state index in [1.807, 2.05) is 30.3 Å². The molecule has 1 aliphatic rings. The van der Waals surface area contributed by atoms with Gasteiger partial charge in [-0.1, -0.05) is 85.6 Å². The number of rotatable bonds is 7. The maximum absolute atomic E-state index is 12.9. The first-order valence-electron chi connectivity index (χ1n) is 12.6. The predicted octanol–water partition coefficient (Wildman–Crippen LogP) is 6.18. The number of aromatic hydroxyl groups is 1. The summed E-state index contributed by atoms with van der Waals surface area (Å²) < 4.78 is 1.69. The first kappa shape index (κ1) is 23.1. The van der Waals surface area contributed by atoms with Crippen LogP contribution in [-0.2, 0) is 13.0 Å². The molecule has 4 nitrogen and oxygen atoms in total. The molecule has 1 saturated carbocycles. The molecule has 5 rings (SSSR count). The molecule has 1 fully saturated rings. The van der Waals surface area contributed by atoms with Crippen molar-refractivity contribution in [1.29, 1.82) is 0 Å². The number of phenols is 1. The van der Waals surface area contributed by atoms with Gasteiger partial charge in [0, 0.05) is 12.6 Å². The monoisotopic (exact) mass is 464 g/mol. The normalized spacial score (nSPS) is 18.0. The maximum atomic E-state index is 12.9. The van der Waals surface area contributed by atoms with Gasteiger partial charge < -0.3 is 5.11 Å². The molecular weight excluding hydrogens is 432 g/mol. The van der Waals surface area contributed by atoms with E-state index in [1.165, 1.54) is 12.8 Å². The second kappa shape index (κ2) is 10.7. The molecule has 3 aromatic carbocycles. The third-order valence-corrected chi connectivity index (χ3v) is 7.33. The van der Waals surface area contributed by atoms with Crippen molar-refractivity contribution in [3.63, 3.8) is 0 Å². The fourth-order valence-corrected chi connectivity index (χ4v) is 5.58. The highest BCUT2D eigenvalue weighted by Crippen LogP contribution is 2.34. The van der Waals surface area contributed by atoms with Gasteiger partial charge in [-0.2, -0.15) is 5.10 Å². The van der Waals surface area contributed by atoms with Crippen LogP contribution in [0.3, 0.4) is 0 Å². The number of phenolic OH excluding ortho intramolecular Hbond substituents is 1. The Kier molecular flexibility index (Phi) is 7.08. The number of nitrogens with zero attached hydrogens (tertiary/aromatic N) is 2. The average molecular weight is 465 g/mol. The summed E-state index contributed by atoms with van der Waals surface area (Å²) in [4.78, 5) is 12.9. The number of hydrogen-bond donors (Lipinski definition) is 1. The van der Waals surface area contributed by atoms with Crippen LogP contribution in [0.25, 0.3) is 0 Å². The predicted molar refractivity (Wildman–Crippen MR) is 140 cm³/mol. The molecule has 2 unspecified atom stereocenters. The van der Waals surface area contributed by atoms with Crippen molar-refractivity contribution < 1.29 is 5.11 Å². The van der Waals surface area contributed by atoms with Gasteiger partial charge in [0.15, 0.2) is 0 Å². The zero-order chi connectivity index (χ0) is 24.0. The van der Waals surface area contributed by atoms with Crippen LogP contribution in [0.2, 0.25) is 0 Å². The van der Waals surface area contributed by atoms with Gasteiger partial charge in [-0.05, 0) is 66.0 Å². The minimum absolute atomic E-state index is 0.0290. The SMILES string of the molecule is O=c1ccc(C(c2ccccc2)c2ccccc2)nn1CC1CCCCC1Cc1cccc(O)c1. The molecule has 35 heavy (non-hydrogen) atoms. The first-order valence-corrected chi connectivity index (χ1v) is 12.6. The summed E-state index contributed by atoms with van der Waals surface area (Å²) in [6.45, 7) is 0.631. The van der Waals surface area contributed by atoms with Crippen molar-refractivity contribution in [2.24, 2.45) is 11.8 Å². The van der Waals surface area contributed by atoms with Crippen molar-refractivity contribution in [2.45, 2.75) is 44.6 Å². The summed E-state index contributed by atoms with van der Waals surface area (Å²) in [5, 5.41) is 14.8. The van der Waals surface area contributed by atoms with Crippen molar-refractivity contribution in [3.8, 4) is 5.75 Å². The van der Waals surface area contributed by atoms with E-state index in [2.05, 4.69) is 54.6 Å². The van der Waals surface area contributed by atoms with Crippen molar-refractivity contribution in [3.05, 3.63) is 130 Å². The standard InChI is InChI=1S/C31H32N2O2/c34-28-17-9-10-23(21-28)20-26-15-7-8-16-27(26)22-33-30(35)19-18-29(32-33)31(24-11-3-1-4-12-24)25-13-5-2-6-14-25/h1-6,9-14,17-19,21,26-27,31,34H,7-8,15-16,20,22H2. The van der Waals surface area contributed by atoms with Crippen LogP contribution in [-0.4, -0.2) is 14.9 Å². The quantitative estimate of drug-likeness (QED) is 0.355. The highest BCUT2D eigenvalue weighted by molar-refractivity contribution is 5.39. The second-order valence-corrected chi connectivity index (χ2v) is 9.71. The van der Waals surface area contributed by atoms with Crippen LogP contribution in [0.5, 0.6) is 5.75 Å². The lowest BCUT2D eigenvalue weighted by atomic mass is 9.76. The molecule has 1 aromatic heterocycles. The molecule has 4 heteroatoms. The molecule has 1 aliphatic carbocycles. The Morgan fingerprint density at radius 3 is 2.11 bits per heavy atom. The molecule has 1 heterocycles. The topological polar surface area (TPSA) is 55.1 Å². The molecule has 0 amide bonds. The van der Waals surface area contributed by atoms with Crippen LogP contribution in [0.1, 0.15) is 54.0 Å². The van der Waals surface area contributed by atoms with E-state index in [1.54, 1.807) is 16.8 Å². The molecule has 1 N–H and O–H groups in total. The third kappa shape index (κ3) is 5.54. The van der Waals surface area contributed by atoms with E-state index >= 15 is 0 Å². The van der Waals surface area contributed by atoms with Crippen molar-refractivity contribution >= 4 is 0 Å². The maximum Gasteiger partial charge on any atom is 0.266 e. The van der Waals surface area contributed by atoms with Gasteiger partial charge in [-0.25, -0.2) is 4.68 Å². The van der Waals surface area contributed by atoms with E-state index in [4.69, 9.17) is 5.10 Å². The zero-order valence-electron chi connectivity index (χ0n) is 20.0. The molecule has 0 saturated heterocycles. The highest BCUT2D eigenvalue weighted by atomic mass is 16.3. The molecule has 0 radical (unpaired) electrons. The Balaban J connectivity index is 1.44. The summed E-state index contributed by atoms with van der Waals surface area (Å²) in [5.74, 6) is 1.15. The summed E-state index contributed by atoms with van der Waals surface area (Å²) in [6.07, 6.45) is 5.57. The first-order chi connectivity index (χ1) is 17.2. The van der Waals surface area contributed by atoms with E-state index in [0.717, 1.165) is 41.6 Å². The van der Waals surface area contributed by atoms with Crippen LogP contribution >= 0.6 is 0 Å². The van der Waals surface area contributed by atoms with Crippen LogP contribution < -0.4 is 5.56 Å². The Hall–Kier alpha value is -3.66. The van der Waals surface area contributed by atoms with Gasteiger partial charge in [0.05, 0.1) is 11.6 Å². The lowest BCUT2D eigenvalue weighted by Gasteiger charge is -2.32. The lowest BCUT2D eigenvalue weighted by molar-refractivity contribution is 0.200. The molecular formula is C31H32N2O2. The molecule has 2 atom stereocenters. The zero-order valence-corrected chi connectivity index (χ0v) is 20.0. The Morgan fingerprint density at radius 1 is 0.800 bits per heavy atom. The second-order valence-electron chi connectivity index (χ2n) is 9.71. The minimum Gasteiger partial charge on any atom is -0.508 e. The molecule has 4 aromatic rings. The third-order valence-electron chi connectivity index (χ3n) is 7.33. The summed E-state index contributed by atoms with van der Waals surface area (Å²) in [7, 11) is 0. The van der Waals surface area contributed by atoms with E-state index < -0.39 is 0 Å². The fraction of sp³-hybridized carbons (Fsp3) is 0.290. The van der Waals surface area contributed by atoms with Gasteiger partial charge in [0.2, 0.25) is 0 Å². The van der Waals surface area contributed by atoms with Crippen LogP contribution in [0, 0.1) is 11.8 Å². The molecule has 0 bridgehead atoms. The molecule has 0 aliphatic heterocycles. The molecule has 0 spiro atoms. The molecule has 178 valence electrons. The average Bonchev–Trinajstić information content (AvgIpc) is 2.89. The van der Waals surface area contributed by atoms with Crippen molar-refractivity contribution in [1.82, 2.24) is 9.78 Å². The van der Waals surface area contributed by atoms with Crippen molar-refractivity contribution in [2.75, 3.05) is 0 Å². The smallest absolute Gasteiger partial charge is 0.266 e. The van der Waals surface area contributed by atoms with Gasteiger partial charge in [0.1, 0.15) is 5.75 Å². The van der Waals surface area contributed by atoms with Gasteiger partial charge in [-0.15, -0.1) is 0 Å². The summed E-state index contributed by atoms with van der Waals surface area (Å²) >= 11 is 0. The number of aromatic nitrogens is 2. The van der Waals surface area contributed by atoms with E-state index in [9.17, 15) is 9.90 Å².